The predicted molar refractivity (Wildman–Crippen MR) is 495 cm³/mol. The highest BCUT2D eigenvalue weighted by atomic mass is 28.3. The van der Waals surface area contributed by atoms with Crippen molar-refractivity contribution in [3.63, 3.8) is 0 Å². The summed E-state index contributed by atoms with van der Waals surface area (Å²) in [6.07, 6.45) is 6.65. The average molecular weight is 1510 g/mol. The molecule has 0 aliphatic heterocycles. The molecule has 0 spiro atoms. The Morgan fingerprint density at radius 1 is 0.278 bits per heavy atom. The van der Waals surface area contributed by atoms with E-state index in [1.165, 1.54) is 118 Å². The molecule has 2 aromatic heterocycles. The number of para-hydroxylation sites is 2. The minimum Gasteiger partial charge on any atom is -0.456 e. The normalized spacial score (nSPS) is 12.8. The number of benzene rings is 17. The predicted octanol–water partition coefficient (Wildman–Crippen LogP) is 24.3. The van der Waals surface area contributed by atoms with E-state index >= 15 is 0 Å². The van der Waals surface area contributed by atoms with Gasteiger partial charge in [0.2, 0.25) is 0 Å². The molecule has 0 bridgehead atoms. The molecule has 0 atom stereocenters. The molecular weight excluding hydrogens is 1430 g/mol. The van der Waals surface area contributed by atoms with Crippen LogP contribution in [-0.2, 0) is 0 Å². The van der Waals surface area contributed by atoms with Crippen LogP contribution in [0.25, 0.3) is 92.9 Å². The van der Waals surface area contributed by atoms with E-state index in [0.717, 1.165) is 96.3 Å². The summed E-state index contributed by atoms with van der Waals surface area (Å²) in [5.74, 6) is 0.325. The summed E-state index contributed by atoms with van der Waals surface area (Å²) in [4.78, 5) is 5.13. The Morgan fingerprint density at radius 2 is 0.635 bits per heavy atom. The highest BCUT2D eigenvalue weighted by Gasteiger charge is 2.44. The molecular formula is C109H88N2O2Si2. The third-order valence-corrected chi connectivity index (χ3v) is 34.2. The van der Waals surface area contributed by atoms with Crippen LogP contribution >= 0.6 is 0 Å². The van der Waals surface area contributed by atoms with Crippen LogP contribution in [0.2, 0.25) is 0 Å². The monoisotopic (exact) mass is 1510 g/mol. The van der Waals surface area contributed by atoms with Crippen LogP contribution in [0, 0.1) is 20.8 Å². The second kappa shape index (κ2) is 28.8. The van der Waals surface area contributed by atoms with Crippen molar-refractivity contribution in [2.75, 3.05) is 9.80 Å². The van der Waals surface area contributed by atoms with E-state index in [0.29, 0.717) is 0 Å². The number of hydrogen-bond acceptors (Lipinski definition) is 4. The van der Waals surface area contributed by atoms with E-state index in [1.807, 2.05) is 0 Å². The van der Waals surface area contributed by atoms with Gasteiger partial charge in [-0.25, -0.2) is 0 Å². The van der Waals surface area contributed by atoms with Gasteiger partial charge >= 0.3 is 0 Å². The number of furan rings is 2. The fourth-order valence-electron chi connectivity index (χ4n) is 19.2. The lowest BCUT2D eigenvalue weighted by molar-refractivity contribution is 0.668. The number of rotatable bonds is 18. The zero-order valence-electron chi connectivity index (χ0n) is 66.0. The van der Waals surface area contributed by atoms with Gasteiger partial charge in [-0.05, 0) is 209 Å². The van der Waals surface area contributed by atoms with Crippen LogP contribution in [-0.4, -0.2) is 16.1 Å². The molecule has 0 saturated carbocycles. The first-order chi connectivity index (χ1) is 56.4. The molecule has 1 aliphatic carbocycles. The van der Waals surface area contributed by atoms with Crippen molar-refractivity contribution in [1.82, 2.24) is 0 Å². The van der Waals surface area contributed by atoms with Crippen molar-refractivity contribution in [1.29, 1.82) is 0 Å². The lowest BCUT2D eigenvalue weighted by atomic mass is 9.84. The Kier molecular flexibility index (Phi) is 17.8. The summed E-state index contributed by atoms with van der Waals surface area (Å²) in [5.41, 5.74) is 21.1. The first-order valence-corrected chi connectivity index (χ1v) is 44.7. The van der Waals surface area contributed by atoms with Crippen molar-refractivity contribution >= 4 is 168 Å². The van der Waals surface area contributed by atoms with Crippen LogP contribution in [0.3, 0.4) is 0 Å². The van der Waals surface area contributed by atoms with Crippen LogP contribution in [0.1, 0.15) is 85.8 Å². The molecule has 6 heteroatoms. The third-order valence-electron chi connectivity index (χ3n) is 24.7. The average Bonchev–Trinajstić information content (AvgIpc) is 1.56. The molecule has 0 N–H and O–H groups in total. The summed E-state index contributed by atoms with van der Waals surface area (Å²) in [6, 6.07) is 136. The van der Waals surface area contributed by atoms with Gasteiger partial charge in [0.25, 0.3) is 0 Å². The van der Waals surface area contributed by atoms with Gasteiger partial charge in [0.15, 0.2) is 16.1 Å². The zero-order chi connectivity index (χ0) is 77.6. The molecule has 0 saturated heterocycles. The van der Waals surface area contributed by atoms with E-state index in [-0.39, 0.29) is 11.8 Å². The van der Waals surface area contributed by atoms with E-state index in [2.05, 4.69) is 428 Å². The van der Waals surface area contributed by atoms with Gasteiger partial charge < -0.3 is 18.6 Å². The Bertz CT molecular complexity index is 6790. The summed E-state index contributed by atoms with van der Waals surface area (Å²) in [6.45, 7) is 16.1. The van der Waals surface area contributed by atoms with Crippen molar-refractivity contribution in [2.24, 2.45) is 0 Å². The number of nitrogens with zero attached hydrogens (tertiary/aromatic N) is 2. The summed E-state index contributed by atoms with van der Waals surface area (Å²) in [5, 5.41) is 22.6. The molecule has 0 fully saturated rings. The molecule has 17 aromatic carbocycles. The van der Waals surface area contributed by atoms with Crippen LogP contribution in [0.5, 0.6) is 0 Å². The molecule has 1 aliphatic rings. The Morgan fingerprint density at radius 3 is 1.10 bits per heavy atom. The van der Waals surface area contributed by atoms with Crippen molar-refractivity contribution in [3.05, 3.63) is 409 Å². The first-order valence-electron chi connectivity index (χ1n) is 40.7. The fourth-order valence-corrected chi connectivity index (χ4v) is 28.7. The van der Waals surface area contributed by atoms with Gasteiger partial charge in [-0.2, -0.15) is 0 Å². The molecule has 2 heterocycles. The maximum Gasteiger partial charge on any atom is 0.179 e. The number of fused-ring (bicyclic) bond motifs is 6. The Labute approximate surface area is 675 Å². The summed E-state index contributed by atoms with van der Waals surface area (Å²) in [7, 11) is -5.82. The topological polar surface area (TPSA) is 32.8 Å². The lowest BCUT2D eigenvalue weighted by Gasteiger charge is -2.35. The Balaban J connectivity index is 0.799. The van der Waals surface area contributed by atoms with Crippen LogP contribution in [0.15, 0.2) is 385 Å². The standard InChI is InChI=1S/C109H88N2O2Si2/c1-71(2)100-69-102(110(82-49-57-94-92-39-17-19-41-104(92)112-106(94)67-82)80-29-21-25-76(63-80)78-27-23-37-90(65-78)114(84-31-11-8-12-32-84,85-33-13-9-14-34-85)86-35-15-10-16-36-86)98-61-59-97-101(72(3)4)70-103(99-62-60-96(100)108(98)109(97)99)111(83-50-58-95-93-40-18-20-42-105(93)113-107(95)68-83)81-30-22-26-77(64-81)79-28-24-38-91(66-79)115(87-51-43-73(5)44-52-87,88-53-45-74(6)46-54-88)89-55-47-75(7)48-56-89/h8-20,22-28,30-72H,21,29H2,1-7H3. The summed E-state index contributed by atoms with van der Waals surface area (Å²) >= 11 is 0. The van der Waals surface area contributed by atoms with E-state index in [9.17, 15) is 0 Å². The molecule has 115 heavy (non-hydrogen) atoms. The van der Waals surface area contributed by atoms with Gasteiger partial charge in [-0.1, -0.05) is 336 Å². The van der Waals surface area contributed by atoms with E-state index < -0.39 is 16.1 Å². The highest BCUT2D eigenvalue weighted by molar-refractivity contribution is 7.20. The largest absolute Gasteiger partial charge is 0.456 e. The quantitative estimate of drug-likeness (QED) is 0.0487. The number of aryl methyl sites for hydroxylation is 3. The molecule has 554 valence electrons. The van der Waals surface area contributed by atoms with Crippen LogP contribution in [0.4, 0.5) is 28.4 Å². The SMILES string of the molecule is Cc1ccc([Si](c2ccc(C)cc2)(c2ccc(C)cc2)c2cccc(-c3cccc(N(c4ccc5c(c4)oc4ccccc45)c4cc(C(C)C)c5ccc6c(N(C7=CC(c8cccc([Si](c9ccccc9)(c9ccccc9)c9ccccc9)c8)=CCC7)c7ccc8c(c7)oc7ccccc78)cc(C(C)C)c7ccc4c5c76)c3)c2)cc1. The molecule has 0 unspecified atom stereocenters. The van der Waals surface area contributed by atoms with Gasteiger partial charge in [-0.15, -0.1) is 0 Å². The first kappa shape index (κ1) is 71.0. The van der Waals surface area contributed by atoms with Crippen LogP contribution < -0.4 is 51.3 Å². The van der Waals surface area contributed by atoms with Gasteiger partial charge in [0.05, 0.1) is 11.4 Å². The fraction of sp³-hybridized carbons (Fsp3) is 0.101. The third kappa shape index (κ3) is 12.0. The zero-order valence-corrected chi connectivity index (χ0v) is 68.0. The van der Waals surface area contributed by atoms with Crippen molar-refractivity contribution in [3.8, 4) is 11.1 Å². The Hall–Kier alpha value is -13.1. The minimum atomic E-state index is -2.95. The number of anilines is 5. The molecule has 19 aromatic rings. The number of allylic oxidation sites excluding steroid dienone is 4. The lowest BCUT2D eigenvalue weighted by Crippen LogP contribution is -2.74. The van der Waals surface area contributed by atoms with Gasteiger partial charge in [0, 0.05) is 67.2 Å². The smallest absolute Gasteiger partial charge is 0.179 e. The summed E-state index contributed by atoms with van der Waals surface area (Å²) < 4.78 is 13.8. The maximum absolute atomic E-state index is 6.88. The molecule has 20 rings (SSSR count). The molecule has 0 radical (unpaired) electrons. The maximum atomic E-state index is 6.88. The van der Waals surface area contributed by atoms with Gasteiger partial charge in [0.1, 0.15) is 22.3 Å². The minimum absolute atomic E-state index is 0.158. The molecule has 4 nitrogen and oxygen atoms in total. The van der Waals surface area contributed by atoms with Crippen molar-refractivity contribution < 1.29 is 8.83 Å². The highest BCUT2D eigenvalue weighted by Crippen LogP contribution is 2.52. The molecule has 0 amide bonds. The van der Waals surface area contributed by atoms with E-state index in [1.54, 1.807) is 0 Å². The van der Waals surface area contributed by atoms with Crippen molar-refractivity contribution in [2.45, 2.75) is 73.1 Å². The second-order valence-electron chi connectivity index (χ2n) is 32.3. The van der Waals surface area contributed by atoms with E-state index in [4.69, 9.17) is 8.83 Å². The van der Waals surface area contributed by atoms with Gasteiger partial charge in [-0.3, -0.25) is 0 Å². The second-order valence-corrected chi connectivity index (χ2v) is 39.9. The number of hydrogen-bond donors (Lipinski definition) is 0.